The van der Waals surface area contributed by atoms with E-state index >= 15 is 0 Å². The van der Waals surface area contributed by atoms with Crippen LogP contribution in [0.1, 0.15) is 55.6 Å². The summed E-state index contributed by atoms with van der Waals surface area (Å²) >= 11 is 0. The van der Waals surface area contributed by atoms with Crippen molar-refractivity contribution in [3.05, 3.63) is 72.1 Å². The number of likely N-dealkylation sites (tertiary alicyclic amines) is 1. The van der Waals surface area contributed by atoms with Gasteiger partial charge >= 0.3 is 6.09 Å². The summed E-state index contributed by atoms with van der Waals surface area (Å²) in [6.07, 6.45) is 2.87. The highest BCUT2D eigenvalue weighted by atomic mass is 16.6. The van der Waals surface area contributed by atoms with Crippen LogP contribution in [0.2, 0.25) is 0 Å². The second kappa shape index (κ2) is 10.9. The number of rotatable bonds is 6. The number of primary amides is 1. The number of amides is 2. The monoisotopic (exact) mass is 543 g/mol. The molecule has 0 saturated carbocycles. The van der Waals surface area contributed by atoms with E-state index in [0.29, 0.717) is 41.3 Å². The maximum absolute atomic E-state index is 12.6. The van der Waals surface area contributed by atoms with E-state index in [2.05, 4.69) is 4.98 Å². The SMILES string of the molecule is COc1ccc(Oc2ccc(-n3nc4c(C5CCN(C(=O)OC(C)(C)C)CC5)ccnc4c3C(N)=O)cc2)cc1. The molecule has 2 amide bonds. The maximum atomic E-state index is 12.6. The first kappa shape index (κ1) is 27.0. The van der Waals surface area contributed by atoms with Crippen molar-refractivity contribution in [2.75, 3.05) is 20.2 Å². The summed E-state index contributed by atoms with van der Waals surface area (Å²) in [7, 11) is 1.61. The van der Waals surface area contributed by atoms with E-state index in [4.69, 9.17) is 25.0 Å². The first-order valence-corrected chi connectivity index (χ1v) is 13.2. The number of hydrogen-bond acceptors (Lipinski definition) is 7. The Balaban J connectivity index is 1.39. The van der Waals surface area contributed by atoms with Crippen molar-refractivity contribution < 1.29 is 23.8 Å². The number of piperidine rings is 1. The zero-order chi connectivity index (χ0) is 28.4. The summed E-state index contributed by atoms with van der Waals surface area (Å²) in [6, 6.07) is 16.5. The van der Waals surface area contributed by atoms with Gasteiger partial charge in [0.1, 0.15) is 33.9 Å². The van der Waals surface area contributed by atoms with Crippen LogP contribution in [0.25, 0.3) is 16.7 Å². The zero-order valence-corrected chi connectivity index (χ0v) is 23.1. The van der Waals surface area contributed by atoms with Gasteiger partial charge in [-0.15, -0.1) is 0 Å². The average Bonchev–Trinajstić information content (AvgIpc) is 3.33. The lowest BCUT2D eigenvalue weighted by atomic mass is 9.89. The van der Waals surface area contributed by atoms with Gasteiger partial charge in [0.25, 0.3) is 5.91 Å². The van der Waals surface area contributed by atoms with Gasteiger partial charge in [-0.25, -0.2) is 9.48 Å². The molecule has 1 saturated heterocycles. The van der Waals surface area contributed by atoms with Crippen molar-refractivity contribution in [1.82, 2.24) is 19.7 Å². The van der Waals surface area contributed by atoms with Crippen LogP contribution in [0, 0.1) is 0 Å². The number of ether oxygens (including phenoxy) is 3. The molecule has 208 valence electrons. The van der Waals surface area contributed by atoms with Crippen LogP contribution in [-0.4, -0.2) is 57.5 Å². The average molecular weight is 544 g/mol. The number of hydrogen-bond donors (Lipinski definition) is 1. The second-order valence-corrected chi connectivity index (χ2v) is 10.7. The number of methoxy groups -OCH3 is 1. The quantitative estimate of drug-likeness (QED) is 0.344. The van der Waals surface area contributed by atoms with E-state index in [0.717, 1.165) is 24.2 Å². The van der Waals surface area contributed by atoms with E-state index in [9.17, 15) is 9.59 Å². The van der Waals surface area contributed by atoms with Crippen molar-refractivity contribution in [1.29, 1.82) is 0 Å². The number of aromatic nitrogens is 3. The normalized spacial score (nSPS) is 14.2. The molecule has 0 spiro atoms. The van der Waals surface area contributed by atoms with Gasteiger partial charge < -0.3 is 24.8 Å². The van der Waals surface area contributed by atoms with E-state index < -0.39 is 11.5 Å². The van der Waals surface area contributed by atoms with Crippen molar-refractivity contribution in [3.63, 3.8) is 0 Å². The topological polar surface area (TPSA) is 122 Å². The summed E-state index contributed by atoms with van der Waals surface area (Å²) < 4.78 is 18.2. The fourth-order valence-corrected chi connectivity index (χ4v) is 4.87. The molecule has 0 radical (unpaired) electrons. The van der Waals surface area contributed by atoms with E-state index in [-0.39, 0.29) is 17.7 Å². The molecule has 10 nitrogen and oxygen atoms in total. The Kier molecular flexibility index (Phi) is 7.34. The molecule has 0 atom stereocenters. The lowest BCUT2D eigenvalue weighted by Crippen LogP contribution is -2.41. The summed E-state index contributed by atoms with van der Waals surface area (Å²) in [5.74, 6) is 1.57. The fourth-order valence-electron chi connectivity index (χ4n) is 4.87. The molecule has 4 aromatic rings. The zero-order valence-electron chi connectivity index (χ0n) is 23.1. The van der Waals surface area contributed by atoms with Crippen molar-refractivity contribution >= 4 is 23.0 Å². The molecule has 0 aliphatic carbocycles. The predicted molar refractivity (Wildman–Crippen MR) is 150 cm³/mol. The fraction of sp³-hybridized carbons (Fsp3) is 0.333. The largest absolute Gasteiger partial charge is 0.497 e. The van der Waals surface area contributed by atoms with Crippen LogP contribution >= 0.6 is 0 Å². The molecular weight excluding hydrogens is 510 g/mol. The van der Waals surface area contributed by atoms with Gasteiger partial charge in [0.15, 0.2) is 5.69 Å². The van der Waals surface area contributed by atoms with Crippen LogP contribution in [0.5, 0.6) is 17.2 Å². The molecule has 2 aromatic carbocycles. The smallest absolute Gasteiger partial charge is 0.410 e. The molecular formula is C30H33N5O5. The molecule has 40 heavy (non-hydrogen) atoms. The Morgan fingerprint density at radius 2 is 1.50 bits per heavy atom. The molecule has 1 fully saturated rings. The number of benzene rings is 2. The highest BCUT2D eigenvalue weighted by Crippen LogP contribution is 2.34. The molecule has 2 aromatic heterocycles. The number of fused-ring (bicyclic) bond motifs is 1. The van der Waals surface area contributed by atoms with Gasteiger partial charge in [0, 0.05) is 19.3 Å². The minimum Gasteiger partial charge on any atom is -0.497 e. The van der Waals surface area contributed by atoms with Gasteiger partial charge in [0.05, 0.1) is 12.8 Å². The maximum Gasteiger partial charge on any atom is 0.410 e. The van der Waals surface area contributed by atoms with Gasteiger partial charge in [-0.1, -0.05) is 0 Å². The Morgan fingerprint density at radius 3 is 2.08 bits per heavy atom. The second-order valence-electron chi connectivity index (χ2n) is 10.7. The Hall–Kier alpha value is -4.60. The van der Waals surface area contributed by atoms with E-state index in [1.807, 2.05) is 63.2 Å². The highest BCUT2D eigenvalue weighted by Gasteiger charge is 2.30. The molecule has 2 N–H and O–H groups in total. The lowest BCUT2D eigenvalue weighted by Gasteiger charge is -2.33. The standard InChI is InChI=1S/C30H33N5O5/c1-30(2,3)40-29(37)34-17-14-19(15-18-34)24-13-16-32-26-25(24)33-35(27(26)28(31)36)20-5-7-22(8-6-20)39-23-11-9-21(38-4)10-12-23/h5-13,16,19H,14-15,17-18H2,1-4H3,(H2,31,36). The molecule has 10 heteroatoms. The molecule has 0 bridgehead atoms. The van der Waals surface area contributed by atoms with E-state index in [1.54, 1.807) is 30.3 Å². The molecule has 0 unspecified atom stereocenters. The summed E-state index contributed by atoms with van der Waals surface area (Å²) in [5.41, 5.74) is 8.21. The predicted octanol–water partition coefficient (Wildman–Crippen LogP) is 5.43. The highest BCUT2D eigenvalue weighted by molar-refractivity contribution is 6.03. The van der Waals surface area contributed by atoms with Gasteiger partial charge in [-0.05, 0) is 99.7 Å². The number of carbonyl (C=O) groups excluding carboxylic acids is 2. The van der Waals surface area contributed by atoms with Gasteiger partial charge in [-0.2, -0.15) is 5.10 Å². The Bertz CT molecular complexity index is 1520. The lowest BCUT2D eigenvalue weighted by molar-refractivity contribution is 0.0205. The van der Waals surface area contributed by atoms with Crippen molar-refractivity contribution in [3.8, 4) is 22.9 Å². The minimum absolute atomic E-state index is 0.147. The molecule has 5 rings (SSSR count). The Morgan fingerprint density at radius 1 is 0.900 bits per heavy atom. The minimum atomic E-state index is -0.620. The summed E-state index contributed by atoms with van der Waals surface area (Å²) in [6.45, 7) is 6.73. The van der Waals surface area contributed by atoms with Crippen LogP contribution in [0.15, 0.2) is 60.8 Å². The van der Waals surface area contributed by atoms with Crippen molar-refractivity contribution in [2.45, 2.75) is 45.1 Å². The van der Waals surface area contributed by atoms with E-state index in [1.165, 1.54) is 4.68 Å². The first-order chi connectivity index (χ1) is 19.1. The van der Waals surface area contributed by atoms with Crippen molar-refractivity contribution in [2.24, 2.45) is 5.73 Å². The number of nitrogens with two attached hydrogens (primary N) is 1. The molecule has 3 heterocycles. The van der Waals surface area contributed by atoms with Crippen LogP contribution in [0.4, 0.5) is 4.79 Å². The number of carbonyl (C=O) groups is 2. The summed E-state index contributed by atoms with van der Waals surface area (Å²) in [4.78, 5) is 31.3. The first-order valence-electron chi connectivity index (χ1n) is 13.2. The Labute approximate surface area is 232 Å². The summed E-state index contributed by atoms with van der Waals surface area (Å²) in [5, 5.41) is 4.81. The van der Waals surface area contributed by atoms with Crippen LogP contribution < -0.4 is 15.2 Å². The third kappa shape index (κ3) is 5.70. The molecule has 1 aliphatic heterocycles. The van der Waals surface area contributed by atoms with Crippen LogP contribution in [0.3, 0.4) is 0 Å². The third-order valence-corrected chi connectivity index (χ3v) is 6.79. The van der Waals surface area contributed by atoms with Crippen LogP contribution in [-0.2, 0) is 4.74 Å². The number of pyridine rings is 1. The molecule has 1 aliphatic rings. The van der Waals surface area contributed by atoms with Gasteiger partial charge in [-0.3, -0.25) is 9.78 Å². The van der Waals surface area contributed by atoms with Gasteiger partial charge in [0.2, 0.25) is 0 Å². The number of nitrogens with zero attached hydrogens (tertiary/aromatic N) is 4. The third-order valence-electron chi connectivity index (χ3n) is 6.79.